The van der Waals surface area contributed by atoms with Crippen LogP contribution in [0.5, 0.6) is 0 Å². The van der Waals surface area contributed by atoms with Gasteiger partial charge in [-0.3, -0.25) is 4.79 Å². The number of thioether (sulfide) groups is 1. The van der Waals surface area contributed by atoms with Crippen LogP contribution in [0.2, 0.25) is 0 Å². The number of rotatable bonds is 4. The second-order valence-electron chi connectivity index (χ2n) is 4.75. The normalized spacial score (nSPS) is 23.0. The summed E-state index contributed by atoms with van der Waals surface area (Å²) < 4.78 is 0. The molecule has 1 amide bonds. The first kappa shape index (κ1) is 13.4. The Morgan fingerprint density at radius 1 is 1.39 bits per heavy atom. The monoisotopic (exact) mass is 264 g/mol. The molecule has 0 aliphatic heterocycles. The fraction of sp³-hybridized carbons (Fsp3) is 0.500. The lowest BCUT2D eigenvalue weighted by Gasteiger charge is -2.17. The van der Waals surface area contributed by atoms with Crippen molar-refractivity contribution >= 4 is 23.4 Å². The predicted molar refractivity (Wildman–Crippen MR) is 76.7 cm³/mol. The highest BCUT2D eigenvalue weighted by molar-refractivity contribution is 7.98. The fourth-order valence-corrected chi connectivity index (χ4v) is 2.98. The number of carbonyl (C=O) groups excluding carboxylic acids is 1. The van der Waals surface area contributed by atoms with Crippen LogP contribution in [-0.2, 0) is 4.79 Å². The molecule has 2 atom stereocenters. The van der Waals surface area contributed by atoms with Crippen LogP contribution in [0.3, 0.4) is 0 Å². The Labute approximate surface area is 113 Å². The molecule has 0 bridgehead atoms. The summed E-state index contributed by atoms with van der Waals surface area (Å²) >= 11 is 1.70. The molecule has 1 aromatic rings. The Balaban J connectivity index is 1.97. The molecule has 1 aliphatic carbocycles. The summed E-state index contributed by atoms with van der Waals surface area (Å²) in [4.78, 5) is 13.4. The maximum Gasteiger partial charge on any atom is 0.227 e. The molecule has 1 saturated carbocycles. The molecule has 0 heterocycles. The Kier molecular flexibility index (Phi) is 4.66. The smallest absolute Gasteiger partial charge is 0.227 e. The van der Waals surface area contributed by atoms with Crippen molar-refractivity contribution in [1.82, 2.24) is 0 Å². The maximum absolute atomic E-state index is 12.2. The average molecular weight is 264 g/mol. The van der Waals surface area contributed by atoms with Gasteiger partial charge in [-0.2, -0.15) is 0 Å². The van der Waals surface area contributed by atoms with Gasteiger partial charge >= 0.3 is 0 Å². The minimum Gasteiger partial charge on any atom is -0.330 e. The molecule has 18 heavy (non-hydrogen) atoms. The molecule has 1 fully saturated rings. The van der Waals surface area contributed by atoms with Crippen LogP contribution in [-0.4, -0.2) is 18.7 Å². The summed E-state index contributed by atoms with van der Waals surface area (Å²) in [5.74, 6) is 0.575. The number of hydrogen-bond donors (Lipinski definition) is 2. The van der Waals surface area contributed by atoms with E-state index in [1.807, 2.05) is 30.5 Å². The van der Waals surface area contributed by atoms with Crippen LogP contribution in [0.1, 0.15) is 19.3 Å². The standard InChI is InChI=1S/C14H20N2OS/c1-18-12-7-5-11(6-8-12)16-14(17)13-4-2-3-10(13)9-15/h5-8,10,13H,2-4,9,15H2,1H3,(H,16,17). The van der Waals surface area contributed by atoms with Gasteiger partial charge in [0.25, 0.3) is 0 Å². The predicted octanol–water partition coefficient (Wildman–Crippen LogP) is 2.72. The zero-order valence-corrected chi connectivity index (χ0v) is 11.5. The molecule has 0 spiro atoms. The molecule has 4 heteroatoms. The second kappa shape index (κ2) is 6.25. The van der Waals surface area contributed by atoms with E-state index >= 15 is 0 Å². The minimum absolute atomic E-state index is 0.0928. The first-order valence-corrected chi connectivity index (χ1v) is 7.62. The van der Waals surface area contributed by atoms with Crippen molar-refractivity contribution in [2.75, 3.05) is 18.1 Å². The summed E-state index contributed by atoms with van der Waals surface area (Å²) in [6.07, 6.45) is 5.21. The number of hydrogen-bond acceptors (Lipinski definition) is 3. The average Bonchev–Trinajstić information content (AvgIpc) is 2.88. The van der Waals surface area contributed by atoms with E-state index in [1.165, 1.54) is 4.90 Å². The second-order valence-corrected chi connectivity index (χ2v) is 5.63. The third-order valence-electron chi connectivity index (χ3n) is 3.66. The highest BCUT2D eigenvalue weighted by Gasteiger charge is 2.31. The third kappa shape index (κ3) is 3.06. The molecule has 3 nitrogen and oxygen atoms in total. The highest BCUT2D eigenvalue weighted by atomic mass is 32.2. The van der Waals surface area contributed by atoms with E-state index in [2.05, 4.69) is 5.32 Å². The Morgan fingerprint density at radius 3 is 2.72 bits per heavy atom. The molecule has 2 rings (SSSR count). The third-order valence-corrected chi connectivity index (χ3v) is 4.40. The summed E-state index contributed by atoms with van der Waals surface area (Å²) in [7, 11) is 0. The van der Waals surface area contributed by atoms with Crippen molar-refractivity contribution in [3.8, 4) is 0 Å². The first-order valence-electron chi connectivity index (χ1n) is 6.39. The van der Waals surface area contributed by atoms with E-state index in [0.29, 0.717) is 12.5 Å². The number of amides is 1. The van der Waals surface area contributed by atoms with Gasteiger partial charge in [-0.1, -0.05) is 6.42 Å². The summed E-state index contributed by atoms with van der Waals surface area (Å²) in [5, 5.41) is 3.00. The zero-order chi connectivity index (χ0) is 13.0. The number of anilines is 1. The Bertz CT molecular complexity index is 405. The van der Waals surface area contributed by atoms with Crippen molar-refractivity contribution in [2.24, 2.45) is 17.6 Å². The van der Waals surface area contributed by atoms with Gasteiger partial charge in [0, 0.05) is 16.5 Å². The molecular weight excluding hydrogens is 244 g/mol. The molecule has 1 aliphatic rings. The molecule has 0 radical (unpaired) electrons. The fourth-order valence-electron chi connectivity index (χ4n) is 2.57. The molecule has 0 saturated heterocycles. The van der Waals surface area contributed by atoms with Crippen LogP contribution in [0, 0.1) is 11.8 Å². The van der Waals surface area contributed by atoms with Gasteiger partial charge < -0.3 is 11.1 Å². The SMILES string of the molecule is CSc1ccc(NC(=O)C2CCCC2CN)cc1. The van der Waals surface area contributed by atoms with Crippen molar-refractivity contribution in [1.29, 1.82) is 0 Å². The Hall–Kier alpha value is -1.00. The molecule has 98 valence electrons. The quantitative estimate of drug-likeness (QED) is 0.822. The van der Waals surface area contributed by atoms with E-state index in [1.54, 1.807) is 11.8 Å². The van der Waals surface area contributed by atoms with Crippen LogP contribution < -0.4 is 11.1 Å². The lowest BCUT2D eigenvalue weighted by molar-refractivity contribution is -0.120. The lowest BCUT2D eigenvalue weighted by Crippen LogP contribution is -2.29. The number of carbonyl (C=O) groups is 1. The van der Waals surface area contributed by atoms with Crippen LogP contribution in [0.4, 0.5) is 5.69 Å². The topological polar surface area (TPSA) is 55.1 Å². The molecule has 3 N–H and O–H groups in total. The number of nitrogens with one attached hydrogen (secondary N) is 1. The summed E-state index contributed by atoms with van der Waals surface area (Å²) in [5.41, 5.74) is 6.59. The van der Waals surface area contributed by atoms with E-state index in [4.69, 9.17) is 5.73 Å². The van der Waals surface area contributed by atoms with Gasteiger partial charge in [0.1, 0.15) is 0 Å². The van der Waals surface area contributed by atoms with Gasteiger partial charge in [0.2, 0.25) is 5.91 Å². The summed E-state index contributed by atoms with van der Waals surface area (Å²) in [6, 6.07) is 7.96. The van der Waals surface area contributed by atoms with E-state index in [9.17, 15) is 4.79 Å². The molecule has 1 aromatic carbocycles. The van der Waals surface area contributed by atoms with Gasteiger partial charge in [0.05, 0.1) is 0 Å². The van der Waals surface area contributed by atoms with E-state index < -0.39 is 0 Å². The van der Waals surface area contributed by atoms with Crippen molar-refractivity contribution < 1.29 is 4.79 Å². The van der Waals surface area contributed by atoms with Crippen molar-refractivity contribution in [3.05, 3.63) is 24.3 Å². The molecule has 2 unspecified atom stereocenters. The van der Waals surface area contributed by atoms with Crippen LogP contribution in [0.15, 0.2) is 29.2 Å². The van der Waals surface area contributed by atoms with Crippen LogP contribution in [0.25, 0.3) is 0 Å². The number of nitrogens with two attached hydrogens (primary N) is 1. The highest BCUT2D eigenvalue weighted by Crippen LogP contribution is 2.32. The molecule has 0 aromatic heterocycles. The van der Waals surface area contributed by atoms with E-state index in [-0.39, 0.29) is 11.8 Å². The van der Waals surface area contributed by atoms with E-state index in [0.717, 1.165) is 24.9 Å². The van der Waals surface area contributed by atoms with Gasteiger partial charge in [-0.15, -0.1) is 11.8 Å². The van der Waals surface area contributed by atoms with Gasteiger partial charge in [-0.25, -0.2) is 0 Å². The van der Waals surface area contributed by atoms with Gasteiger partial charge in [-0.05, 0) is 55.8 Å². The van der Waals surface area contributed by atoms with Crippen LogP contribution >= 0.6 is 11.8 Å². The lowest BCUT2D eigenvalue weighted by atomic mass is 9.95. The molecular formula is C14H20N2OS. The van der Waals surface area contributed by atoms with Crippen molar-refractivity contribution in [2.45, 2.75) is 24.2 Å². The van der Waals surface area contributed by atoms with Gasteiger partial charge in [0.15, 0.2) is 0 Å². The Morgan fingerprint density at radius 2 is 2.11 bits per heavy atom. The zero-order valence-electron chi connectivity index (χ0n) is 10.7. The number of benzene rings is 1. The maximum atomic E-state index is 12.2. The minimum atomic E-state index is 0.0928. The van der Waals surface area contributed by atoms with Crippen molar-refractivity contribution in [3.63, 3.8) is 0 Å². The largest absolute Gasteiger partial charge is 0.330 e. The summed E-state index contributed by atoms with van der Waals surface area (Å²) in [6.45, 7) is 0.615. The first-order chi connectivity index (χ1) is 8.74.